The largest absolute Gasteiger partial charge is 0.369 e. The van der Waals surface area contributed by atoms with Crippen molar-refractivity contribution in [3.8, 4) is 0 Å². The van der Waals surface area contributed by atoms with Crippen molar-refractivity contribution in [1.82, 2.24) is 24.6 Å². The fourth-order valence-corrected chi connectivity index (χ4v) is 4.72. The Labute approximate surface area is 179 Å². The maximum absolute atomic E-state index is 13.3. The van der Waals surface area contributed by atoms with Crippen molar-refractivity contribution in [3.05, 3.63) is 40.1 Å². The molecule has 1 aliphatic carbocycles. The number of aryl methyl sites for hydroxylation is 1. The zero-order chi connectivity index (χ0) is 22.2. The Morgan fingerprint density at radius 3 is 2.55 bits per heavy atom. The topological polar surface area (TPSA) is 147 Å². The van der Waals surface area contributed by atoms with Gasteiger partial charge in [0.25, 0.3) is 11.5 Å². The lowest BCUT2D eigenvalue weighted by Crippen LogP contribution is -2.45. The number of anilines is 3. The first-order valence-corrected chi connectivity index (χ1v) is 11.9. The van der Waals surface area contributed by atoms with Crippen molar-refractivity contribution in [1.29, 1.82) is 0 Å². The molecule has 1 amide bonds. The molecule has 2 aliphatic rings. The van der Waals surface area contributed by atoms with Crippen molar-refractivity contribution in [2.75, 3.05) is 30.0 Å². The highest BCUT2D eigenvalue weighted by atomic mass is 32.2. The molecule has 0 atom stereocenters. The van der Waals surface area contributed by atoms with E-state index >= 15 is 0 Å². The lowest BCUT2D eigenvalue weighted by atomic mass is 10.1. The predicted molar refractivity (Wildman–Crippen MR) is 116 cm³/mol. The van der Waals surface area contributed by atoms with Gasteiger partial charge in [0.15, 0.2) is 0 Å². The molecule has 0 aromatic carbocycles. The molecule has 0 bridgehead atoms. The van der Waals surface area contributed by atoms with Crippen LogP contribution in [0.2, 0.25) is 0 Å². The van der Waals surface area contributed by atoms with E-state index in [9.17, 15) is 18.0 Å². The fraction of sp³-hybridized carbons (Fsp3) is 0.474. The molecule has 2 aromatic rings. The smallest absolute Gasteiger partial charge is 0.276 e. The van der Waals surface area contributed by atoms with Crippen LogP contribution in [0.3, 0.4) is 0 Å². The Kier molecular flexibility index (Phi) is 5.43. The van der Waals surface area contributed by atoms with Gasteiger partial charge in [0, 0.05) is 19.2 Å². The molecule has 3 heterocycles. The zero-order valence-corrected chi connectivity index (χ0v) is 18.2. The molecule has 0 radical (unpaired) electrons. The van der Waals surface area contributed by atoms with Crippen molar-refractivity contribution in [2.45, 2.75) is 38.3 Å². The van der Waals surface area contributed by atoms with Crippen LogP contribution in [0.4, 0.5) is 17.3 Å². The predicted octanol–water partition coefficient (Wildman–Crippen LogP) is 0.622. The summed E-state index contributed by atoms with van der Waals surface area (Å²) >= 11 is 0. The number of fused-ring (bicyclic) bond motifs is 2. The van der Waals surface area contributed by atoms with Crippen molar-refractivity contribution in [2.24, 2.45) is 0 Å². The summed E-state index contributed by atoms with van der Waals surface area (Å²) in [5, 5.41) is 9.07. The second-order valence-electron chi connectivity index (χ2n) is 7.93. The Morgan fingerprint density at radius 1 is 1.13 bits per heavy atom. The molecule has 0 saturated heterocycles. The second-order valence-corrected chi connectivity index (χ2v) is 9.76. The summed E-state index contributed by atoms with van der Waals surface area (Å²) in [5.41, 5.74) is 0.541. The molecule has 1 aliphatic heterocycles. The van der Waals surface area contributed by atoms with E-state index in [2.05, 4.69) is 30.6 Å². The minimum atomic E-state index is -3.26. The normalized spacial score (nSPS) is 16.9. The molecule has 1 spiro atoms. The maximum atomic E-state index is 13.3. The monoisotopic (exact) mass is 447 g/mol. The highest BCUT2D eigenvalue weighted by Gasteiger charge is 2.46. The Morgan fingerprint density at radius 2 is 1.84 bits per heavy atom. The highest BCUT2D eigenvalue weighted by Crippen LogP contribution is 2.38. The quantitative estimate of drug-likeness (QED) is 0.452. The van der Waals surface area contributed by atoms with Crippen LogP contribution in [0.1, 0.15) is 41.7 Å². The first-order chi connectivity index (χ1) is 14.7. The summed E-state index contributed by atoms with van der Waals surface area (Å²) in [5.74, 6) is 0.678. The van der Waals surface area contributed by atoms with Crippen LogP contribution in [-0.4, -0.2) is 48.2 Å². The average molecular weight is 448 g/mol. The molecule has 31 heavy (non-hydrogen) atoms. The van der Waals surface area contributed by atoms with Gasteiger partial charge in [-0.3, -0.25) is 14.2 Å². The van der Waals surface area contributed by atoms with Crippen molar-refractivity contribution >= 4 is 33.3 Å². The number of nitrogens with zero attached hydrogens (tertiary/aromatic N) is 3. The van der Waals surface area contributed by atoms with Crippen LogP contribution in [-0.2, 0) is 15.7 Å². The van der Waals surface area contributed by atoms with E-state index in [1.165, 1.54) is 6.33 Å². The Hall–Kier alpha value is -2.99. The number of carbonyl (C=O) groups is 1. The summed E-state index contributed by atoms with van der Waals surface area (Å²) < 4.78 is 26.2. The van der Waals surface area contributed by atoms with Gasteiger partial charge in [0.1, 0.15) is 35.0 Å². The molecule has 166 valence electrons. The minimum absolute atomic E-state index is 0.208. The summed E-state index contributed by atoms with van der Waals surface area (Å²) in [6.45, 7) is 2.35. The third-order valence-electron chi connectivity index (χ3n) is 5.54. The van der Waals surface area contributed by atoms with Gasteiger partial charge in [-0.15, -0.1) is 0 Å². The third-order valence-corrected chi connectivity index (χ3v) is 6.27. The van der Waals surface area contributed by atoms with E-state index in [4.69, 9.17) is 0 Å². The van der Waals surface area contributed by atoms with Gasteiger partial charge < -0.3 is 16.0 Å². The molecule has 2 aromatic heterocycles. The van der Waals surface area contributed by atoms with Crippen LogP contribution >= 0.6 is 0 Å². The van der Waals surface area contributed by atoms with Crippen LogP contribution in [0.15, 0.2) is 23.3 Å². The number of carbonyl (C=O) groups excluding carboxylic acids is 1. The number of pyridine rings is 1. The van der Waals surface area contributed by atoms with E-state index in [-0.39, 0.29) is 18.0 Å². The highest BCUT2D eigenvalue weighted by molar-refractivity contribution is 7.88. The molecule has 12 heteroatoms. The first kappa shape index (κ1) is 21.2. The summed E-state index contributed by atoms with van der Waals surface area (Å²) in [7, 11) is -3.26. The summed E-state index contributed by atoms with van der Waals surface area (Å²) in [6.07, 6.45) is 5.82. The third kappa shape index (κ3) is 4.26. The lowest BCUT2D eigenvalue weighted by Gasteiger charge is -2.26. The molecule has 4 rings (SSSR count). The van der Waals surface area contributed by atoms with Gasteiger partial charge in [-0.05, 0) is 44.2 Å². The number of hydrogen-bond donors (Lipinski definition) is 4. The second kappa shape index (κ2) is 7.93. The van der Waals surface area contributed by atoms with Gasteiger partial charge in [-0.2, -0.15) is 0 Å². The van der Waals surface area contributed by atoms with E-state index in [0.29, 0.717) is 35.1 Å². The van der Waals surface area contributed by atoms with Gasteiger partial charge in [-0.25, -0.2) is 23.1 Å². The van der Waals surface area contributed by atoms with Crippen LogP contribution < -0.4 is 26.2 Å². The number of nitrogens with one attached hydrogen (secondary N) is 4. The molecule has 0 unspecified atom stereocenters. The fourth-order valence-electron chi connectivity index (χ4n) is 4.25. The zero-order valence-electron chi connectivity index (χ0n) is 17.4. The van der Waals surface area contributed by atoms with E-state index in [1.54, 1.807) is 16.7 Å². The summed E-state index contributed by atoms with van der Waals surface area (Å²) in [6, 6.07) is 3.29. The molecule has 11 nitrogen and oxygen atoms in total. The molecule has 1 fully saturated rings. The van der Waals surface area contributed by atoms with Gasteiger partial charge in [-0.1, -0.05) is 0 Å². The summed E-state index contributed by atoms with van der Waals surface area (Å²) in [4.78, 5) is 34.1. The first-order valence-electron chi connectivity index (χ1n) is 10.1. The van der Waals surface area contributed by atoms with Crippen molar-refractivity contribution in [3.63, 3.8) is 0 Å². The maximum Gasteiger partial charge on any atom is 0.276 e. The van der Waals surface area contributed by atoms with E-state index in [0.717, 1.165) is 31.9 Å². The van der Waals surface area contributed by atoms with Gasteiger partial charge in [0.2, 0.25) is 10.0 Å². The Balaban J connectivity index is 1.56. The number of hydrogen-bond acceptors (Lipinski definition) is 8. The number of sulfonamides is 1. The molecular formula is C19H25N7O4S. The van der Waals surface area contributed by atoms with Crippen LogP contribution in [0.5, 0.6) is 0 Å². The van der Waals surface area contributed by atoms with Crippen molar-refractivity contribution < 1.29 is 13.2 Å². The van der Waals surface area contributed by atoms with Gasteiger partial charge >= 0.3 is 0 Å². The SMILES string of the molecule is Cc1cc(Nc2cc(NCCNS(C)(=O)=O)ncn2)c(=O)n2c1C(=O)NC21CCCC1. The van der Waals surface area contributed by atoms with E-state index in [1.807, 2.05) is 6.92 Å². The average Bonchev–Trinajstić information content (AvgIpc) is 3.27. The van der Waals surface area contributed by atoms with Crippen LogP contribution in [0.25, 0.3) is 0 Å². The van der Waals surface area contributed by atoms with Crippen LogP contribution in [0, 0.1) is 6.92 Å². The standard InChI is InChI=1S/C19H25N7O4S/c1-12-9-13(18(28)26-16(12)17(27)25-19(26)5-3-4-6-19)24-15-10-14(21-11-22-15)20-7-8-23-31(2,29)30/h9-11,23H,3-8H2,1-2H3,(H,25,27)(H2,20,21,22,24). The molecular weight excluding hydrogens is 422 g/mol. The minimum Gasteiger partial charge on any atom is -0.369 e. The van der Waals surface area contributed by atoms with Gasteiger partial charge in [0.05, 0.1) is 6.26 Å². The molecule has 4 N–H and O–H groups in total. The Bertz CT molecular complexity index is 1190. The molecule has 1 saturated carbocycles. The number of rotatable bonds is 7. The van der Waals surface area contributed by atoms with E-state index < -0.39 is 15.7 Å². The lowest BCUT2D eigenvalue weighted by molar-refractivity contribution is 0.0920. The number of aromatic nitrogens is 3. The number of amides is 1.